The van der Waals surface area contributed by atoms with Crippen molar-refractivity contribution in [2.75, 3.05) is 39.8 Å². The van der Waals surface area contributed by atoms with E-state index < -0.39 is 5.60 Å². The Kier molecular flexibility index (Phi) is 4.82. The second-order valence-corrected chi connectivity index (χ2v) is 10.5. The van der Waals surface area contributed by atoms with Gasteiger partial charge in [-0.3, -0.25) is 19.7 Å². The van der Waals surface area contributed by atoms with Crippen LogP contribution >= 0.6 is 11.3 Å². The van der Waals surface area contributed by atoms with Crippen LogP contribution < -0.4 is 5.56 Å². The number of ether oxygens (including phenoxy) is 1. The molecule has 1 atom stereocenters. The maximum Gasteiger partial charge on any atom is 0.410 e. The highest BCUT2D eigenvalue weighted by atomic mass is 32.1. The maximum atomic E-state index is 12.7. The molecule has 174 valence electrons. The summed E-state index contributed by atoms with van der Waals surface area (Å²) < 4.78 is 6.59. The molecule has 0 radical (unpaired) electrons. The Balaban J connectivity index is 1.18. The number of likely N-dealkylation sites (N-methyl/N-ethyl adjacent to an activating group) is 1. The topological polar surface area (TPSA) is 110 Å². The number of likely N-dealkylation sites (tertiary alicyclic amines) is 1. The largest absolute Gasteiger partial charge is 0.440 e. The Labute approximate surface area is 194 Å². The molecule has 3 aliphatic rings. The van der Waals surface area contributed by atoms with Gasteiger partial charge in [-0.15, -0.1) is 11.3 Å². The molecule has 2 N–H and O–H groups in total. The van der Waals surface area contributed by atoms with Crippen LogP contribution in [-0.4, -0.2) is 92.4 Å². The zero-order valence-electron chi connectivity index (χ0n) is 18.8. The summed E-state index contributed by atoms with van der Waals surface area (Å²) in [6.07, 6.45) is 3.20. The van der Waals surface area contributed by atoms with E-state index >= 15 is 0 Å². The van der Waals surface area contributed by atoms with E-state index in [9.17, 15) is 9.59 Å². The molecule has 11 heteroatoms. The van der Waals surface area contributed by atoms with Crippen molar-refractivity contribution < 1.29 is 9.53 Å². The van der Waals surface area contributed by atoms with Gasteiger partial charge in [-0.1, -0.05) is 0 Å². The fourth-order valence-electron chi connectivity index (χ4n) is 5.42. The molecule has 1 unspecified atom stereocenters. The van der Waals surface area contributed by atoms with Crippen molar-refractivity contribution in [2.45, 2.75) is 38.0 Å². The molecule has 0 aromatic carbocycles. The molecule has 10 nitrogen and oxygen atoms in total. The highest BCUT2D eigenvalue weighted by molar-refractivity contribution is 7.22. The number of carbonyl (C=O) groups excluding carboxylic acids is 1. The van der Waals surface area contributed by atoms with Crippen LogP contribution in [0, 0.1) is 6.92 Å². The number of amides is 1. The molecule has 3 aliphatic heterocycles. The lowest BCUT2D eigenvalue weighted by Crippen LogP contribution is -2.59. The van der Waals surface area contributed by atoms with Gasteiger partial charge in [0.05, 0.1) is 24.3 Å². The SMILES string of the molecule is Cc1[nH]ncc1-c1cc2nc(CN3CCC4(CC3)OC(=O)N3CCN(C)CC34)[nH]c(=O)c2s1. The summed E-state index contributed by atoms with van der Waals surface area (Å²) in [7, 11) is 2.10. The van der Waals surface area contributed by atoms with Crippen molar-refractivity contribution in [2.24, 2.45) is 0 Å². The molecule has 1 amide bonds. The standard InChI is InChI=1S/C22H27N7O3S/c1-13-14(10-23-26-13)16-9-15-19(33-16)20(30)25-18(24-15)12-28-5-3-22(4-6-28)17-11-27(2)7-8-29(17)21(31)32-22/h9-10,17H,3-8,11-12H2,1-2H3,(H,23,26)(H,24,25,30). The summed E-state index contributed by atoms with van der Waals surface area (Å²) in [5, 5.41) is 7.02. The van der Waals surface area contributed by atoms with Crippen molar-refractivity contribution >= 4 is 27.6 Å². The van der Waals surface area contributed by atoms with Gasteiger partial charge >= 0.3 is 6.09 Å². The number of aromatic amines is 2. The zero-order valence-corrected chi connectivity index (χ0v) is 19.6. The molecule has 33 heavy (non-hydrogen) atoms. The molecule has 3 fully saturated rings. The summed E-state index contributed by atoms with van der Waals surface area (Å²) in [5.41, 5.74) is 2.17. The Morgan fingerprint density at radius 1 is 1.24 bits per heavy atom. The van der Waals surface area contributed by atoms with E-state index in [0.29, 0.717) is 22.6 Å². The molecule has 0 saturated carbocycles. The molecule has 0 bridgehead atoms. The van der Waals surface area contributed by atoms with Crippen LogP contribution in [-0.2, 0) is 11.3 Å². The Morgan fingerprint density at radius 3 is 2.82 bits per heavy atom. The average molecular weight is 470 g/mol. The summed E-state index contributed by atoms with van der Waals surface area (Å²) in [6, 6.07) is 2.09. The molecule has 6 rings (SSSR count). The van der Waals surface area contributed by atoms with Crippen LogP contribution in [0.3, 0.4) is 0 Å². The Bertz CT molecular complexity index is 1270. The van der Waals surface area contributed by atoms with Crippen LogP contribution in [0.15, 0.2) is 17.1 Å². The number of carbonyl (C=O) groups is 1. The van der Waals surface area contributed by atoms with Gasteiger partial charge in [0, 0.05) is 61.7 Å². The lowest BCUT2D eigenvalue weighted by Gasteiger charge is -2.44. The van der Waals surface area contributed by atoms with Gasteiger partial charge in [-0.2, -0.15) is 5.10 Å². The van der Waals surface area contributed by atoms with Crippen molar-refractivity contribution in [3.05, 3.63) is 34.1 Å². The van der Waals surface area contributed by atoms with E-state index in [2.05, 4.69) is 32.0 Å². The first-order chi connectivity index (χ1) is 15.9. The summed E-state index contributed by atoms with van der Waals surface area (Å²) in [5.74, 6) is 0.666. The van der Waals surface area contributed by atoms with Crippen LogP contribution in [0.4, 0.5) is 4.79 Å². The third kappa shape index (κ3) is 3.46. The third-order valence-corrected chi connectivity index (χ3v) is 8.48. The van der Waals surface area contributed by atoms with Gasteiger partial charge in [0.15, 0.2) is 0 Å². The minimum atomic E-state index is -0.405. The van der Waals surface area contributed by atoms with Gasteiger partial charge in [-0.25, -0.2) is 9.78 Å². The predicted octanol–water partition coefficient (Wildman–Crippen LogP) is 1.78. The van der Waals surface area contributed by atoms with Gasteiger partial charge in [0.25, 0.3) is 5.56 Å². The van der Waals surface area contributed by atoms with Crippen molar-refractivity contribution in [1.29, 1.82) is 0 Å². The van der Waals surface area contributed by atoms with Crippen molar-refractivity contribution in [3.8, 4) is 10.4 Å². The number of aryl methyl sites for hydroxylation is 1. The van der Waals surface area contributed by atoms with Crippen LogP contribution in [0.1, 0.15) is 24.4 Å². The molecular formula is C22H27N7O3S. The van der Waals surface area contributed by atoms with E-state index in [-0.39, 0.29) is 17.7 Å². The number of fused-ring (bicyclic) bond motifs is 3. The number of rotatable bonds is 3. The summed E-state index contributed by atoms with van der Waals surface area (Å²) in [4.78, 5) is 40.4. The van der Waals surface area contributed by atoms with Gasteiger partial charge in [0.2, 0.25) is 0 Å². The van der Waals surface area contributed by atoms with Gasteiger partial charge < -0.3 is 14.6 Å². The third-order valence-electron chi connectivity index (χ3n) is 7.32. The minimum Gasteiger partial charge on any atom is -0.440 e. The van der Waals surface area contributed by atoms with E-state index in [4.69, 9.17) is 9.72 Å². The normalized spacial score (nSPS) is 23.4. The monoisotopic (exact) mass is 469 g/mol. The zero-order chi connectivity index (χ0) is 22.7. The average Bonchev–Trinajstić information content (AvgIpc) is 3.47. The fraction of sp³-hybridized carbons (Fsp3) is 0.545. The molecule has 3 aromatic heterocycles. The van der Waals surface area contributed by atoms with E-state index in [1.165, 1.54) is 11.3 Å². The number of hydrogen-bond donors (Lipinski definition) is 2. The highest BCUT2D eigenvalue weighted by Crippen LogP contribution is 2.40. The number of piperidine rings is 1. The summed E-state index contributed by atoms with van der Waals surface area (Å²) in [6.45, 7) is 6.61. The van der Waals surface area contributed by atoms with Gasteiger partial charge in [-0.05, 0) is 20.0 Å². The minimum absolute atomic E-state index is 0.105. The maximum absolute atomic E-state index is 12.7. The summed E-state index contributed by atoms with van der Waals surface area (Å²) >= 11 is 1.44. The first kappa shape index (κ1) is 20.8. The molecule has 3 saturated heterocycles. The number of thiophene rings is 1. The second-order valence-electron chi connectivity index (χ2n) is 9.43. The molecule has 6 heterocycles. The number of nitrogens with zero attached hydrogens (tertiary/aromatic N) is 5. The van der Waals surface area contributed by atoms with Crippen LogP contribution in [0.2, 0.25) is 0 Å². The Morgan fingerprint density at radius 2 is 2.06 bits per heavy atom. The fourth-order valence-corrected chi connectivity index (χ4v) is 6.48. The number of piperazine rings is 1. The lowest BCUT2D eigenvalue weighted by molar-refractivity contribution is -0.0341. The molecule has 3 aromatic rings. The smallest absolute Gasteiger partial charge is 0.410 e. The Hall–Kier alpha value is -2.76. The highest BCUT2D eigenvalue weighted by Gasteiger charge is 2.56. The van der Waals surface area contributed by atoms with E-state index in [1.54, 1.807) is 6.20 Å². The second kappa shape index (κ2) is 7.64. The number of hydrogen-bond acceptors (Lipinski definition) is 8. The number of H-pyrrole nitrogens is 2. The van der Waals surface area contributed by atoms with Crippen LogP contribution in [0.25, 0.3) is 20.7 Å². The van der Waals surface area contributed by atoms with E-state index in [0.717, 1.165) is 61.7 Å². The number of aromatic nitrogens is 4. The molecule has 0 aliphatic carbocycles. The first-order valence-corrected chi connectivity index (χ1v) is 12.2. The van der Waals surface area contributed by atoms with Crippen LogP contribution in [0.5, 0.6) is 0 Å². The van der Waals surface area contributed by atoms with E-state index in [1.807, 2.05) is 17.9 Å². The predicted molar refractivity (Wildman–Crippen MR) is 124 cm³/mol. The number of nitrogens with one attached hydrogen (secondary N) is 2. The molecule has 1 spiro atoms. The molecular weight excluding hydrogens is 442 g/mol. The lowest BCUT2D eigenvalue weighted by atomic mass is 9.83. The quantitative estimate of drug-likeness (QED) is 0.602. The van der Waals surface area contributed by atoms with Gasteiger partial charge in [0.1, 0.15) is 16.1 Å². The van der Waals surface area contributed by atoms with Crippen molar-refractivity contribution in [3.63, 3.8) is 0 Å². The first-order valence-electron chi connectivity index (χ1n) is 11.4. The van der Waals surface area contributed by atoms with Crippen molar-refractivity contribution in [1.82, 2.24) is 34.9 Å².